The van der Waals surface area contributed by atoms with E-state index in [9.17, 15) is 4.79 Å². The molecule has 4 nitrogen and oxygen atoms in total. The lowest BCUT2D eigenvalue weighted by atomic mass is 10.2. The van der Waals surface area contributed by atoms with Crippen molar-refractivity contribution < 1.29 is 14.3 Å². The zero-order valence-corrected chi connectivity index (χ0v) is 11.6. The second kappa shape index (κ2) is 7.65. The lowest BCUT2D eigenvalue weighted by Gasteiger charge is -2.01. The first-order valence-electron chi connectivity index (χ1n) is 6.37. The van der Waals surface area contributed by atoms with E-state index < -0.39 is 0 Å². The van der Waals surface area contributed by atoms with Gasteiger partial charge in [-0.1, -0.05) is 30.3 Å². The SMILES string of the molecule is COc1ccc(/C=C(\C=O)OC=Nc2ccccc2)cc1. The molecular formula is C17H15NO3. The van der Waals surface area contributed by atoms with Gasteiger partial charge in [0.25, 0.3) is 0 Å². The van der Waals surface area contributed by atoms with Gasteiger partial charge in [0.2, 0.25) is 0 Å². The van der Waals surface area contributed by atoms with Gasteiger partial charge in [-0.15, -0.1) is 0 Å². The van der Waals surface area contributed by atoms with E-state index in [4.69, 9.17) is 9.47 Å². The summed E-state index contributed by atoms with van der Waals surface area (Å²) in [7, 11) is 1.60. The summed E-state index contributed by atoms with van der Waals surface area (Å²) >= 11 is 0. The molecule has 4 heteroatoms. The predicted octanol–water partition coefficient (Wildman–Crippen LogP) is 3.61. The first kappa shape index (κ1) is 14.5. The van der Waals surface area contributed by atoms with E-state index in [1.165, 1.54) is 6.40 Å². The molecule has 0 fully saturated rings. The molecule has 0 aliphatic carbocycles. The third-order valence-corrected chi connectivity index (χ3v) is 2.69. The van der Waals surface area contributed by atoms with Crippen LogP contribution in [0.1, 0.15) is 5.56 Å². The van der Waals surface area contributed by atoms with Gasteiger partial charge in [0.1, 0.15) is 5.75 Å². The van der Waals surface area contributed by atoms with E-state index in [1.807, 2.05) is 54.6 Å². The molecule has 2 aromatic carbocycles. The lowest BCUT2D eigenvalue weighted by Crippen LogP contribution is -1.91. The minimum atomic E-state index is 0.180. The van der Waals surface area contributed by atoms with Crippen LogP contribution in [-0.2, 0) is 9.53 Å². The number of hydrogen-bond acceptors (Lipinski definition) is 4. The highest BCUT2D eigenvalue weighted by Gasteiger charge is 1.97. The van der Waals surface area contributed by atoms with Crippen LogP contribution >= 0.6 is 0 Å². The van der Waals surface area contributed by atoms with E-state index in [0.29, 0.717) is 6.29 Å². The Morgan fingerprint density at radius 2 is 1.76 bits per heavy atom. The molecule has 2 rings (SSSR count). The third kappa shape index (κ3) is 4.62. The second-order valence-corrected chi connectivity index (χ2v) is 4.13. The highest BCUT2D eigenvalue weighted by Crippen LogP contribution is 2.14. The standard InChI is InChI=1S/C17H15NO3/c1-20-16-9-7-14(8-10-16)11-17(12-19)21-13-18-15-5-3-2-4-6-15/h2-13H,1H3/b17-11+,18-13?. The van der Waals surface area contributed by atoms with E-state index in [2.05, 4.69) is 4.99 Å². The van der Waals surface area contributed by atoms with Crippen molar-refractivity contribution in [3.05, 3.63) is 65.9 Å². The number of hydrogen-bond donors (Lipinski definition) is 0. The van der Waals surface area contributed by atoms with Crippen LogP contribution in [0.4, 0.5) is 5.69 Å². The van der Waals surface area contributed by atoms with Gasteiger partial charge in [-0.05, 0) is 35.9 Å². The van der Waals surface area contributed by atoms with Gasteiger partial charge in [-0.3, -0.25) is 4.79 Å². The number of aliphatic imine (C=N–C) groups is 1. The van der Waals surface area contributed by atoms with Crippen molar-refractivity contribution in [3.8, 4) is 5.75 Å². The van der Waals surface area contributed by atoms with Gasteiger partial charge < -0.3 is 9.47 Å². The summed E-state index contributed by atoms with van der Waals surface area (Å²) in [5, 5.41) is 0. The van der Waals surface area contributed by atoms with E-state index >= 15 is 0 Å². The number of methoxy groups -OCH3 is 1. The minimum absolute atomic E-state index is 0.180. The maximum absolute atomic E-state index is 11.0. The Morgan fingerprint density at radius 3 is 2.38 bits per heavy atom. The van der Waals surface area contributed by atoms with Gasteiger partial charge in [0, 0.05) is 0 Å². The molecule has 0 aliphatic rings. The summed E-state index contributed by atoms with van der Waals surface area (Å²) in [4.78, 5) is 15.1. The fourth-order valence-electron chi connectivity index (χ4n) is 1.62. The first-order valence-corrected chi connectivity index (χ1v) is 6.37. The highest BCUT2D eigenvalue weighted by atomic mass is 16.5. The van der Waals surface area contributed by atoms with Crippen molar-refractivity contribution in [2.24, 2.45) is 4.99 Å². The molecule has 106 valence electrons. The van der Waals surface area contributed by atoms with Crippen molar-refractivity contribution in [3.63, 3.8) is 0 Å². The van der Waals surface area contributed by atoms with Crippen molar-refractivity contribution in [1.82, 2.24) is 0 Å². The van der Waals surface area contributed by atoms with Gasteiger partial charge in [-0.25, -0.2) is 4.99 Å². The average Bonchev–Trinajstić information content (AvgIpc) is 2.55. The molecule has 0 aliphatic heterocycles. The zero-order chi connectivity index (χ0) is 14.9. The number of allylic oxidation sites excluding steroid dienone is 1. The Hall–Kier alpha value is -2.88. The molecule has 0 heterocycles. The minimum Gasteiger partial charge on any atom is -0.497 e. The Bertz CT molecular complexity index is 631. The molecule has 0 amide bonds. The van der Waals surface area contributed by atoms with Crippen molar-refractivity contribution in [2.45, 2.75) is 0 Å². The van der Waals surface area contributed by atoms with Crippen LogP contribution in [-0.4, -0.2) is 19.8 Å². The summed E-state index contributed by atoms with van der Waals surface area (Å²) in [6.07, 6.45) is 3.52. The Labute approximate surface area is 123 Å². The molecule has 2 aromatic rings. The van der Waals surface area contributed by atoms with Crippen molar-refractivity contribution in [1.29, 1.82) is 0 Å². The molecule has 21 heavy (non-hydrogen) atoms. The van der Waals surface area contributed by atoms with Crippen LogP contribution in [0.2, 0.25) is 0 Å². The van der Waals surface area contributed by atoms with Crippen molar-refractivity contribution in [2.75, 3.05) is 7.11 Å². The number of aldehydes is 1. The van der Waals surface area contributed by atoms with E-state index in [-0.39, 0.29) is 5.76 Å². The number of rotatable bonds is 6. The van der Waals surface area contributed by atoms with Gasteiger partial charge in [0.15, 0.2) is 18.4 Å². The molecule has 0 aromatic heterocycles. The summed E-state index contributed by atoms with van der Waals surface area (Å²) in [6, 6.07) is 16.6. The van der Waals surface area contributed by atoms with Gasteiger partial charge in [-0.2, -0.15) is 0 Å². The average molecular weight is 281 g/mol. The number of para-hydroxylation sites is 1. The third-order valence-electron chi connectivity index (χ3n) is 2.69. The second-order valence-electron chi connectivity index (χ2n) is 4.13. The quantitative estimate of drug-likeness (QED) is 0.267. The molecule has 0 unspecified atom stereocenters. The number of nitrogens with zero attached hydrogens (tertiary/aromatic N) is 1. The van der Waals surface area contributed by atoms with E-state index in [1.54, 1.807) is 13.2 Å². The fraction of sp³-hybridized carbons (Fsp3) is 0.0588. The van der Waals surface area contributed by atoms with E-state index in [0.717, 1.165) is 17.0 Å². The predicted molar refractivity (Wildman–Crippen MR) is 82.7 cm³/mol. The molecule has 0 saturated carbocycles. The number of carbonyl (C=O) groups excluding carboxylic acids is 1. The topological polar surface area (TPSA) is 47.9 Å². The molecule has 0 radical (unpaired) electrons. The fourth-order valence-corrected chi connectivity index (χ4v) is 1.62. The number of ether oxygens (including phenoxy) is 2. The molecule has 0 atom stereocenters. The Balaban J connectivity index is 2.03. The van der Waals surface area contributed by atoms with Crippen LogP contribution < -0.4 is 4.74 Å². The smallest absolute Gasteiger partial charge is 0.185 e. The summed E-state index contributed by atoms with van der Waals surface area (Å²) in [6.45, 7) is 0. The van der Waals surface area contributed by atoms with Crippen molar-refractivity contribution >= 4 is 24.5 Å². The number of carbonyl (C=O) groups is 1. The maximum Gasteiger partial charge on any atom is 0.185 e. The summed E-state index contributed by atoms with van der Waals surface area (Å²) in [5.74, 6) is 0.936. The highest BCUT2D eigenvalue weighted by molar-refractivity contribution is 5.81. The Morgan fingerprint density at radius 1 is 1.05 bits per heavy atom. The Kier molecular flexibility index (Phi) is 5.29. The molecular weight excluding hydrogens is 266 g/mol. The molecule has 0 N–H and O–H groups in total. The van der Waals surface area contributed by atoms with Crippen LogP contribution in [0.15, 0.2) is 65.3 Å². The molecule has 0 spiro atoms. The summed E-state index contributed by atoms with van der Waals surface area (Å²) in [5.41, 5.74) is 1.60. The largest absolute Gasteiger partial charge is 0.497 e. The maximum atomic E-state index is 11.0. The number of benzene rings is 2. The zero-order valence-electron chi connectivity index (χ0n) is 11.6. The summed E-state index contributed by atoms with van der Waals surface area (Å²) < 4.78 is 10.3. The van der Waals surface area contributed by atoms with Gasteiger partial charge in [0.05, 0.1) is 12.8 Å². The van der Waals surface area contributed by atoms with Crippen LogP contribution in [0.25, 0.3) is 6.08 Å². The normalized spacial score (nSPS) is 11.4. The van der Waals surface area contributed by atoms with Crippen LogP contribution in [0.5, 0.6) is 5.75 Å². The van der Waals surface area contributed by atoms with Crippen LogP contribution in [0, 0.1) is 0 Å². The first-order chi connectivity index (χ1) is 10.3. The molecule has 0 saturated heterocycles. The molecule has 0 bridgehead atoms. The monoisotopic (exact) mass is 281 g/mol. The van der Waals surface area contributed by atoms with Crippen LogP contribution in [0.3, 0.4) is 0 Å². The lowest BCUT2D eigenvalue weighted by molar-refractivity contribution is -0.106. The van der Waals surface area contributed by atoms with Gasteiger partial charge >= 0.3 is 0 Å².